The van der Waals surface area contributed by atoms with Crippen LogP contribution >= 0.6 is 0 Å². The third-order valence-corrected chi connectivity index (χ3v) is 3.11. The van der Waals surface area contributed by atoms with Gasteiger partial charge in [0.1, 0.15) is 5.75 Å². The number of phenols is 1. The van der Waals surface area contributed by atoms with Crippen molar-refractivity contribution in [3.05, 3.63) is 29.8 Å². The molecule has 1 aromatic rings. The Morgan fingerprint density at radius 1 is 1.50 bits per heavy atom. The van der Waals surface area contributed by atoms with Gasteiger partial charge in [0.25, 0.3) is 0 Å². The van der Waals surface area contributed by atoms with E-state index < -0.39 is 0 Å². The van der Waals surface area contributed by atoms with Crippen molar-refractivity contribution in [3.8, 4) is 5.75 Å². The molecule has 0 radical (unpaired) electrons. The largest absolute Gasteiger partial charge is 0.508 e. The minimum Gasteiger partial charge on any atom is -0.508 e. The van der Waals surface area contributed by atoms with Gasteiger partial charge in [-0.2, -0.15) is 0 Å². The maximum atomic E-state index is 9.40. The second-order valence-electron chi connectivity index (χ2n) is 5.00. The van der Waals surface area contributed by atoms with Gasteiger partial charge in [-0.25, -0.2) is 0 Å². The normalized spacial score (nSPS) is 20.1. The molecule has 0 aliphatic carbocycles. The van der Waals surface area contributed by atoms with Gasteiger partial charge in [0.15, 0.2) is 0 Å². The fourth-order valence-corrected chi connectivity index (χ4v) is 1.86. The summed E-state index contributed by atoms with van der Waals surface area (Å²) in [4.78, 5) is 0. The summed E-state index contributed by atoms with van der Waals surface area (Å²) in [6, 6.07) is 7.65. The lowest BCUT2D eigenvalue weighted by molar-refractivity contribution is -0.0999. The molecule has 2 rings (SSSR count). The highest BCUT2D eigenvalue weighted by Crippen LogP contribution is 2.26. The molecule has 1 heterocycles. The first kappa shape index (κ1) is 11.4. The first-order valence-electron chi connectivity index (χ1n) is 5.69. The summed E-state index contributed by atoms with van der Waals surface area (Å²) in [6.45, 7) is 6.96. The second kappa shape index (κ2) is 4.44. The molecule has 1 unspecified atom stereocenters. The van der Waals surface area contributed by atoms with Crippen molar-refractivity contribution in [3.63, 3.8) is 0 Å². The molecule has 1 atom stereocenters. The number of ether oxygens (including phenoxy) is 1. The van der Waals surface area contributed by atoms with E-state index in [2.05, 4.69) is 19.2 Å². The number of phenolic OH excluding ortho intramolecular Hbond substituents is 1. The average molecular weight is 221 g/mol. The minimum atomic E-state index is 0.254. The molecule has 0 saturated carbocycles. The summed E-state index contributed by atoms with van der Waals surface area (Å²) < 4.78 is 5.21. The lowest BCUT2D eigenvalue weighted by Gasteiger charge is -2.39. The molecule has 16 heavy (non-hydrogen) atoms. The van der Waals surface area contributed by atoms with Crippen molar-refractivity contribution in [1.29, 1.82) is 0 Å². The summed E-state index contributed by atoms with van der Waals surface area (Å²) in [6.07, 6.45) is 0. The van der Waals surface area contributed by atoms with Crippen LogP contribution in [0.2, 0.25) is 0 Å². The van der Waals surface area contributed by atoms with Crippen LogP contribution in [0.15, 0.2) is 24.3 Å². The zero-order valence-electron chi connectivity index (χ0n) is 9.86. The topological polar surface area (TPSA) is 41.5 Å². The highest BCUT2D eigenvalue weighted by molar-refractivity contribution is 5.29. The fourth-order valence-electron chi connectivity index (χ4n) is 1.86. The Bertz CT molecular complexity index is 361. The summed E-state index contributed by atoms with van der Waals surface area (Å²) >= 11 is 0. The van der Waals surface area contributed by atoms with Crippen LogP contribution in [0.1, 0.15) is 25.5 Å². The van der Waals surface area contributed by atoms with Gasteiger partial charge in [0, 0.05) is 18.0 Å². The molecule has 0 spiro atoms. The molecule has 1 fully saturated rings. The predicted molar refractivity (Wildman–Crippen MR) is 63.5 cm³/mol. The van der Waals surface area contributed by atoms with Gasteiger partial charge in [-0.05, 0) is 24.6 Å². The Kier molecular flexibility index (Phi) is 3.17. The standard InChI is InChI=1S/C13H19NO2/c1-10(11-4-3-5-12(15)6-11)14-7-13(2)8-16-9-13/h3-6,10,14-15H,7-9H2,1-2H3. The van der Waals surface area contributed by atoms with Crippen LogP contribution in [0.3, 0.4) is 0 Å². The van der Waals surface area contributed by atoms with E-state index in [0.717, 1.165) is 25.3 Å². The van der Waals surface area contributed by atoms with E-state index in [1.54, 1.807) is 12.1 Å². The SMILES string of the molecule is CC(NCC1(C)COC1)c1cccc(O)c1. The molecule has 1 aromatic carbocycles. The zero-order chi connectivity index (χ0) is 11.6. The number of nitrogens with one attached hydrogen (secondary N) is 1. The zero-order valence-corrected chi connectivity index (χ0v) is 9.86. The number of aromatic hydroxyl groups is 1. The Labute approximate surface area is 96.4 Å². The van der Waals surface area contributed by atoms with Gasteiger partial charge >= 0.3 is 0 Å². The van der Waals surface area contributed by atoms with E-state index >= 15 is 0 Å². The molecule has 0 amide bonds. The van der Waals surface area contributed by atoms with Crippen LogP contribution in [0, 0.1) is 5.41 Å². The highest BCUT2D eigenvalue weighted by atomic mass is 16.5. The van der Waals surface area contributed by atoms with Crippen molar-refractivity contribution in [2.75, 3.05) is 19.8 Å². The van der Waals surface area contributed by atoms with E-state index in [0.29, 0.717) is 5.75 Å². The molecule has 3 heteroatoms. The molecule has 88 valence electrons. The van der Waals surface area contributed by atoms with E-state index in [4.69, 9.17) is 4.74 Å². The van der Waals surface area contributed by atoms with E-state index in [1.165, 1.54) is 0 Å². The molecule has 2 N–H and O–H groups in total. The van der Waals surface area contributed by atoms with Gasteiger partial charge in [0.2, 0.25) is 0 Å². The Balaban J connectivity index is 1.90. The molecule has 1 aliphatic heterocycles. The summed E-state index contributed by atoms with van der Waals surface area (Å²) in [5.74, 6) is 0.323. The smallest absolute Gasteiger partial charge is 0.115 e. The van der Waals surface area contributed by atoms with Crippen molar-refractivity contribution in [2.24, 2.45) is 5.41 Å². The van der Waals surface area contributed by atoms with E-state index in [9.17, 15) is 5.11 Å². The number of benzene rings is 1. The molecule has 0 aromatic heterocycles. The molecule has 1 saturated heterocycles. The van der Waals surface area contributed by atoms with E-state index in [1.807, 2.05) is 12.1 Å². The van der Waals surface area contributed by atoms with Crippen LogP contribution < -0.4 is 5.32 Å². The van der Waals surface area contributed by atoms with Gasteiger partial charge in [-0.15, -0.1) is 0 Å². The van der Waals surface area contributed by atoms with Crippen LogP contribution in [-0.2, 0) is 4.74 Å². The predicted octanol–water partition coefficient (Wildman–Crippen LogP) is 2.08. The Hall–Kier alpha value is -1.06. The average Bonchev–Trinajstić information content (AvgIpc) is 2.23. The molecule has 1 aliphatic rings. The van der Waals surface area contributed by atoms with Gasteiger partial charge in [-0.3, -0.25) is 0 Å². The summed E-state index contributed by atoms with van der Waals surface area (Å²) in [7, 11) is 0. The summed E-state index contributed by atoms with van der Waals surface area (Å²) in [5.41, 5.74) is 1.40. The first-order chi connectivity index (χ1) is 7.59. The number of rotatable bonds is 4. The number of hydrogen-bond acceptors (Lipinski definition) is 3. The van der Waals surface area contributed by atoms with Gasteiger partial charge in [-0.1, -0.05) is 19.1 Å². The van der Waals surface area contributed by atoms with Crippen LogP contribution in [0.4, 0.5) is 0 Å². The monoisotopic (exact) mass is 221 g/mol. The van der Waals surface area contributed by atoms with Crippen molar-refractivity contribution < 1.29 is 9.84 Å². The molecule has 3 nitrogen and oxygen atoms in total. The maximum Gasteiger partial charge on any atom is 0.115 e. The maximum absolute atomic E-state index is 9.40. The van der Waals surface area contributed by atoms with Crippen LogP contribution in [0.25, 0.3) is 0 Å². The molecule has 0 bridgehead atoms. The van der Waals surface area contributed by atoms with Crippen molar-refractivity contribution in [1.82, 2.24) is 5.32 Å². The Morgan fingerprint density at radius 3 is 2.81 bits per heavy atom. The van der Waals surface area contributed by atoms with Gasteiger partial charge in [0.05, 0.1) is 13.2 Å². The van der Waals surface area contributed by atoms with Crippen molar-refractivity contribution in [2.45, 2.75) is 19.9 Å². The third kappa shape index (κ3) is 2.54. The molecular weight excluding hydrogens is 202 g/mol. The third-order valence-electron chi connectivity index (χ3n) is 3.11. The van der Waals surface area contributed by atoms with Gasteiger partial charge < -0.3 is 15.2 Å². The van der Waals surface area contributed by atoms with E-state index in [-0.39, 0.29) is 11.5 Å². The number of hydrogen-bond donors (Lipinski definition) is 2. The fraction of sp³-hybridized carbons (Fsp3) is 0.538. The quantitative estimate of drug-likeness (QED) is 0.818. The van der Waals surface area contributed by atoms with Crippen LogP contribution in [0.5, 0.6) is 5.75 Å². The minimum absolute atomic E-state index is 0.254. The lowest BCUT2D eigenvalue weighted by Crippen LogP contribution is -2.47. The first-order valence-corrected chi connectivity index (χ1v) is 5.69. The lowest BCUT2D eigenvalue weighted by atomic mass is 9.88. The summed E-state index contributed by atoms with van der Waals surface area (Å²) in [5, 5.41) is 12.9. The second-order valence-corrected chi connectivity index (χ2v) is 5.00. The molecular formula is C13H19NO2. The van der Waals surface area contributed by atoms with Crippen LogP contribution in [-0.4, -0.2) is 24.9 Å². The van der Waals surface area contributed by atoms with Crippen molar-refractivity contribution >= 4 is 0 Å². The Morgan fingerprint density at radius 2 is 2.25 bits per heavy atom. The highest BCUT2D eigenvalue weighted by Gasteiger charge is 2.33.